The summed E-state index contributed by atoms with van der Waals surface area (Å²) in [5.74, 6) is -0.210. The smallest absolute Gasteiger partial charge is 0.251 e. The van der Waals surface area contributed by atoms with Crippen LogP contribution in [-0.2, 0) is 6.54 Å². The number of aryl methyl sites for hydroxylation is 2. The first-order chi connectivity index (χ1) is 12.4. The minimum absolute atomic E-state index is 0.0813. The number of nitrogens with zero attached hydrogens (tertiary/aromatic N) is 1. The van der Waals surface area contributed by atoms with Crippen LogP contribution in [0.1, 0.15) is 46.9 Å². The Morgan fingerprint density at radius 3 is 2.50 bits per heavy atom. The normalized spacial score (nSPS) is 12.3. The Labute approximate surface area is 153 Å². The molecule has 0 aliphatic heterocycles. The van der Waals surface area contributed by atoms with Crippen LogP contribution in [0.2, 0.25) is 0 Å². The van der Waals surface area contributed by atoms with Crippen LogP contribution in [0, 0.1) is 19.7 Å². The minimum atomic E-state index is -0.247. The average Bonchev–Trinajstić information content (AvgIpc) is 2.89. The van der Waals surface area contributed by atoms with Crippen molar-refractivity contribution in [2.45, 2.75) is 40.2 Å². The zero-order valence-electron chi connectivity index (χ0n) is 15.8. The molecule has 2 aromatic carbocycles. The molecule has 0 radical (unpaired) electrons. The number of benzene rings is 2. The summed E-state index contributed by atoms with van der Waals surface area (Å²) >= 11 is 0. The van der Waals surface area contributed by atoms with E-state index >= 15 is 0 Å². The van der Waals surface area contributed by atoms with Crippen LogP contribution in [0.15, 0.2) is 42.5 Å². The summed E-state index contributed by atoms with van der Waals surface area (Å²) in [5.41, 5.74) is 5.30. The number of nitrogens with one attached hydrogen (secondary N) is 1. The predicted octanol–water partition coefficient (Wildman–Crippen LogP) is 4.95. The molecule has 26 heavy (non-hydrogen) atoms. The van der Waals surface area contributed by atoms with E-state index in [9.17, 15) is 9.18 Å². The van der Waals surface area contributed by atoms with Crippen LogP contribution in [0.3, 0.4) is 0 Å². The third kappa shape index (κ3) is 3.36. The molecule has 0 fully saturated rings. The van der Waals surface area contributed by atoms with Crippen LogP contribution >= 0.6 is 0 Å². The summed E-state index contributed by atoms with van der Waals surface area (Å²) in [6.07, 6.45) is 0. The highest BCUT2D eigenvalue weighted by Crippen LogP contribution is 2.26. The van der Waals surface area contributed by atoms with Gasteiger partial charge in [0.1, 0.15) is 5.82 Å². The molecule has 1 aromatic heterocycles. The van der Waals surface area contributed by atoms with Gasteiger partial charge in [0.05, 0.1) is 0 Å². The van der Waals surface area contributed by atoms with Crippen LogP contribution in [0.5, 0.6) is 0 Å². The van der Waals surface area contributed by atoms with Crippen molar-refractivity contribution in [2.24, 2.45) is 0 Å². The average molecular weight is 352 g/mol. The molecule has 1 amide bonds. The third-order valence-electron chi connectivity index (χ3n) is 5.23. The van der Waals surface area contributed by atoms with Gasteiger partial charge in [0.15, 0.2) is 0 Å². The Morgan fingerprint density at radius 1 is 1.15 bits per heavy atom. The van der Waals surface area contributed by atoms with Gasteiger partial charge in [-0.3, -0.25) is 4.79 Å². The van der Waals surface area contributed by atoms with Gasteiger partial charge in [0.25, 0.3) is 5.91 Å². The number of halogens is 1. The summed E-state index contributed by atoms with van der Waals surface area (Å²) in [6, 6.07) is 12.3. The van der Waals surface area contributed by atoms with E-state index in [0.717, 1.165) is 17.5 Å². The fourth-order valence-corrected chi connectivity index (χ4v) is 3.46. The number of aromatic nitrogens is 1. The van der Waals surface area contributed by atoms with Crippen molar-refractivity contribution in [3.05, 3.63) is 70.7 Å². The maximum Gasteiger partial charge on any atom is 0.251 e. The summed E-state index contributed by atoms with van der Waals surface area (Å²) in [7, 11) is 0. The molecule has 0 spiro atoms. The summed E-state index contributed by atoms with van der Waals surface area (Å²) in [4.78, 5) is 12.6. The second-order valence-electron chi connectivity index (χ2n) is 6.85. The zero-order valence-corrected chi connectivity index (χ0v) is 15.8. The van der Waals surface area contributed by atoms with E-state index in [1.807, 2.05) is 25.1 Å². The maximum atomic E-state index is 13.0. The largest absolute Gasteiger partial charge is 0.351 e. The van der Waals surface area contributed by atoms with Crippen LogP contribution in [0.25, 0.3) is 10.9 Å². The van der Waals surface area contributed by atoms with E-state index in [-0.39, 0.29) is 17.6 Å². The molecule has 0 saturated heterocycles. The minimum Gasteiger partial charge on any atom is -0.351 e. The Balaban J connectivity index is 1.75. The fraction of sp³-hybridized carbons (Fsp3) is 0.318. The standard InChI is InChI=1S/C22H25FN2O/c1-5-25-16(4)15(3)20-12-18(8-11-21(20)25)22(26)24-13-14(2)17-6-9-19(23)10-7-17/h6-12,14H,5,13H2,1-4H3,(H,24,26). The van der Waals surface area contributed by atoms with E-state index in [2.05, 4.69) is 30.7 Å². The monoisotopic (exact) mass is 352 g/mol. The van der Waals surface area contributed by atoms with Crippen molar-refractivity contribution in [1.82, 2.24) is 9.88 Å². The van der Waals surface area contributed by atoms with E-state index in [1.54, 1.807) is 12.1 Å². The summed E-state index contributed by atoms with van der Waals surface area (Å²) < 4.78 is 15.3. The molecule has 136 valence electrons. The topological polar surface area (TPSA) is 34.0 Å². The van der Waals surface area contributed by atoms with E-state index < -0.39 is 0 Å². The van der Waals surface area contributed by atoms with E-state index in [1.165, 1.54) is 28.9 Å². The predicted molar refractivity (Wildman–Crippen MR) is 104 cm³/mol. The lowest BCUT2D eigenvalue weighted by molar-refractivity contribution is 0.0952. The number of fused-ring (bicyclic) bond motifs is 1. The number of carbonyl (C=O) groups excluding carboxylic acids is 1. The highest BCUT2D eigenvalue weighted by Gasteiger charge is 2.14. The molecule has 0 aliphatic rings. The molecule has 0 aliphatic carbocycles. The highest BCUT2D eigenvalue weighted by atomic mass is 19.1. The van der Waals surface area contributed by atoms with Gasteiger partial charge >= 0.3 is 0 Å². The van der Waals surface area contributed by atoms with Gasteiger partial charge in [-0.25, -0.2) is 4.39 Å². The summed E-state index contributed by atoms with van der Waals surface area (Å²) in [6.45, 7) is 9.79. The van der Waals surface area contributed by atoms with E-state index in [0.29, 0.717) is 12.1 Å². The van der Waals surface area contributed by atoms with Gasteiger partial charge < -0.3 is 9.88 Å². The molecule has 0 saturated carbocycles. The van der Waals surface area contributed by atoms with Crippen molar-refractivity contribution >= 4 is 16.8 Å². The van der Waals surface area contributed by atoms with Gasteiger partial charge in [0.2, 0.25) is 0 Å². The Kier molecular flexibility index (Phi) is 5.12. The van der Waals surface area contributed by atoms with Crippen molar-refractivity contribution in [3.8, 4) is 0 Å². The number of amides is 1. The fourth-order valence-electron chi connectivity index (χ4n) is 3.46. The molecule has 3 aromatic rings. The molecular formula is C22H25FN2O. The molecule has 1 N–H and O–H groups in total. The molecule has 1 unspecified atom stereocenters. The lowest BCUT2D eigenvalue weighted by Gasteiger charge is -2.13. The molecule has 0 bridgehead atoms. The van der Waals surface area contributed by atoms with Crippen molar-refractivity contribution < 1.29 is 9.18 Å². The number of carbonyl (C=O) groups is 1. The number of hydrogen-bond acceptors (Lipinski definition) is 1. The van der Waals surface area contributed by atoms with Gasteiger partial charge in [-0.15, -0.1) is 0 Å². The highest BCUT2D eigenvalue weighted by molar-refractivity contribution is 5.99. The van der Waals surface area contributed by atoms with Gasteiger partial charge in [0, 0.05) is 35.2 Å². The number of rotatable bonds is 5. The second-order valence-corrected chi connectivity index (χ2v) is 6.85. The molecule has 4 heteroatoms. The van der Waals surface area contributed by atoms with Gasteiger partial charge in [-0.1, -0.05) is 19.1 Å². The van der Waals surface area contributed by atoms with Crippen molar-refractivity contribution in [1.29, 1.82) is 0 Å². The van der Waals surface area contributed by atoms with Gasteiger partial charge in [-0.2, -0.15) is 0 Å². The second kappa shape index (κ2) is 7.32. The summed E-state index contributed by atoms with van der Waals surface area (Å²) in [5, 5.41) is 4.12. The number of hydrogen-bond donors (Lipinski definition) is 1. The quantitative estimate of drug-likeness (QED) is 0.692. The van der Waals surface area contributed by atoms with Crippen LogP contribution in [0.4, 0.5) is 4.39 Å². The first-order valence-corrected chi connectivity index (χ1v) is 9.05. The lowest BCUT2D eigenvalue weighted by atomic mass is 10.0. The van der Waals surface area contributed by atoms with Crippen LogP contribution < -0.4 is 5.32 Å². The molecular weight excluding hydrogens is 327 g/mol. The SMILES string of the molecule is CCn1c(C)c(C)c2cc(C(=O)NCC(C)c3ccc(F)cc3)ccc21. The van der Waals surface area contributed by atoms with Gasteiger partial charge in [-0.05, 0) is 68.1 Å². The molecule has 1 heterocycles. The van der Waals surface area contributed by atoms with Crippen molar-refractivity contribution in [3.63, 3.8) is 0 Å². The Morgan fingerprint density at radius 2 is 1.85 bits per heavy atom. The first kappa shape index (κ1) is 18.2. The molecule has 1 atom stereocenters. The van der Waals surface area contributed by atoms with E-state index in [4.69, 9.17) is 0 Å². The Bertz CT molecular complexity index is 941. The first-order valence-electron chi connectivity index (χ1n) is 9.05. The van der Waals surface area contributed by atoms with Crippen LogP contribution in [-0.4, -0.2) is 17.0 Å². The maximum absolute atomic E-state index is 13.0. The molecule has 3 rings (SSSR count). The zero-order chi connectivity index (χ0) is 18.8. The Hall–Kier alpha value is -2.62. The van der Waals surface area contributed by atoms with Crippen molar-refractivity contribution in [2.75, 3.05) is 6.54 Å². The third-order valence-corrected chi connectivity index (χ3v) is 5.23. The molecule has 3 nitrogen and oxygen atoms in total. The lowest BCUT2D eigenvalue weighted by Crippen LogP contribution is -2.27.